The highest BCUT2D eigenvalue weighted by molar-refractivity contribution is 6.00. The van der Waals surface area contributed by atoms with Gasteiger partial charge in [0.05, 0.1) is 6.54 Å². The lowest BCUT2D eigenvalue weighted by molar-refractivity contribution is -0.117. The molecular weight excluding hydrogens is 276 g/mol. The molecule has 0 bridgehead atoms. The van der Waals surface area contributed by atoms with E-state index in [1.54, 1.807) is 29.2 Å². The Kier molecular flexibility index (Phi) is 4.19. The molecule has 112 valence electrons. The fourth-order valence-electron chi connectivity index (χ4n) is 2.74. The molecular formula is C18H18N2O2. The topological polar surface area (TPSA) is 49.4 Å². The quantitative estimate of drug-likeness (QED) is 0.945. The Labute approximate surface area is 129 Å². The predicted molar refractivity (Wildman–Crippen MR) is 85.9 cm³/mol. The zero-order chi connectivity index (χ0) is 15.4. The number of nitrogens with zero attached hydrogens (tertiary/aromatic N) is 1. The van der Waals surface area contributed by atoms with Crippen molar-refractivity contribution >= 4 is 17.5 Å². The Morgan fingerprint density at radius 2 is 1.73 bits per heavy atom. The summed E-state index contributed by atoms with van der Waals surface area (Å²) in [7, 11) is 0. The van der Waals surface area contributed by atoms with Crippen molar-refractivity contribution in [2.24, 2.45) is 0 Å². The van der Waals surface area contributed by atoms with E-state index in [-0.39, 0.29) is 18.4 Å². The van der Waals surface area contributed by atoms with Gasteiger partial charge in [0.2, 0.25) is 5.91 Å². The Bertz CT molecular complexity index is 682. The van der Waals surface area contributed by atoms with Crippen molar-refractivity contribution in [2.75, 3.05) is 18.0 Å². The molecule has 0 saturated carbocycles. The molecule has 3 rings (SSSR count). The Morgan fingerprint density at radius 1 is 1.00 bits per heavy atom. The number of carbonyl (C=O) groups is 2. The van der Waals surface area contributed by atoms with Gasteiger partial charge in [-0.1, -0.05) is 36.4 Å². The van der Waals surface area contributed by atoms with E-state index in [9.17, 15) is 9.59 Å². The summed E-state index contributed by atoms with van der Waals surface area (Å²) >= 11 is 0. The normalized spacial score (nSPS) is 13.4. The van der Waals surface area contributed by atoms with Crippen LogP contribution in [0.15, 0.2) is 54.6 Å². The molecule has 0 saturated heterocycles. The van der Waals surface area contributed by atoms with Crippen LogP contribution >= 0.6 is 0 Å². The predicted octanol–water partition coefficient (Wildman–Crippen LogP) is 2.40. The van der Waals surface area contributed by atoms with Crippen LogP contribution in [0.2, 0.25) is 0 Å². The summed E-state index contributed by atoms with van der Waals surface area (Å²) in [6, 6.07) is 16.9. The molecule has 4 heteroatoms. The Hall–Kier alpha value is -2.62. The maximum absolute atomic E-state index is 12.4. The summed E-state index contributed by atoms with van der Waals surface area (Å²) < 4.78 is 0. The number of para-hydroxylation sites is 1. The number of fused-ring (bicyclic) bond motifs is 1. The van der Waals surface area contributed by atoms with Crippen molar-refractivity contribution < 1.29 is 9.59 Å². The summed E-state index contributed by atoms with van der Waals surface area (Å²) in [5.41, 5.74) is 2.72. The molecule has 2 amide bonds. The van der Waals surface area contributed by atoms with Crippen LogP contribution < -0.4 is 10.2 Å². The number of rotatable bonds is 3. The molecule has 22 heavy (non-hydrogen) atoms. The zero-order valence-electron chi connectivity index (χ0n) is 12.3. The number of carbonyl (C=O) groups excluding carboxylic acids is 2. The van der Waals surface area contributed by atoms with Gasteiger partial charge in [-0.15, -0.1) is 0 Å². The first-order chi connectivity index (χ1) is 10.8. The molecule has 0 aliphatic carbocycles. The molecule has 1 N–H and O–H groups in total. The minimum atomic E-state index is -0.223. The van der Waals surface area contributed by atoms with Gasteiger partial charge in [-0.25, -0.2) is 0 Å². The highest BCUT2D eigenvalue weighted by Gasteiger charge is 2.22. The van der Waals surface area contributed by atoms with E-state index in [1.807, 2.05) is 24.3 Å². The van der Waals surface area contributed by atoms with Gasteiger partial charge < -0.3 is 10.2 Å². The number of nitrogens with one attached hydrogen (secondary N) is 1. The SMILES string of the molecule is O=C(NCC(=O)N1CCCc2ccccc21)c1ccccc1. The molecule has 4 nitrogen and oxygen atoms in total. The summed E-state index contributed by atoms with van der Waals surface area (Å²) in [5.74, 6) is -0.296. The van der Waals surface area contributed by atoms with Crippen LogP contribution in [0.4, 0.5) is 5.69 Å². The first-order valence-corrected chi connectivity index (χ1v) is 7.47. The first-order valence-electron chi connectivity index (χ1n) is 7.47. The number of aryl methyl sites for hydroxylation is 1. The van der Waals surface area contributed by atoms with Crippen molar-refractivity contribution in [3.05, 3.63) is 65.7 Å². The average Bonchev–Trinajstić information content (AvgIpc) is 2.59. The first kappa shape index (κ1) is 14.3. The van der Waals surface area contributed by atoms with E-state index < -0.39 is 0 Å². The largest absolute Gasteiger partial charge is 0.343 e. The van der Waals surface area contributed by atoms with Crippen molar-refractivity contribution in [2.45, 2.75) is 12.8 Å². The van der Waals surface area contributed by atoms with Gasteiger partial charge in [0.25, 0.3) is 5.91 Å². The number of benzene rings is 2. The molecule has 2 aromatic rings. The van der Waals surface area contributed by atoms with Crippen LogP contribution in [-0.4, -0.2) is 24.9 Å². The van der Waals surface area contributed by atoms with Crippen molar-refractivity contribution in [1.29, 1.82) is 0 Å². The molecule has 1 heterocycles. The molecule has 0 unspecified atom stereocenters. The van der Waals surface area contributed by atoms with Crippen molar-refractivity contribution in [3.8, 4) is 0 Å². The number of amides is 2. The van der Waals surface area contributed by atoms with E-state index in [2.05, 4.69) is 11.4 Å². The lowest BCUT2D eigenvalue weighted by atomic mass is 10.0. The van der Waals surface area contributed by atoms with Crippen LogP contribution in [-0.2, 0) is 11.2 Å². The third-order valence-corrected chi connectivity index (χ3v) is 3.85. The maximum Gasteiger partial charge on any atom is 0.251 e. The summed E-state index contributed by atoms with van der Waals surface area (Å²) in [5, 5.41) is 2.70. The van der Waals surface area contributed by atoms with Gasteiger partial charge in [0.15, 0.2) is 0 Å². The van der Waals surface area contributed by atoms with Gasteiger partial charge >= 0.3 is 0 Å². The lowest BCUT2D eigenvalue weighted by Gasteiger charge is -2.29. The fraction of sp³-hybridized carbons (Fsp3) is 0.222. The third kappa shape index (κ3) is 3.01. The van der Waals surface area contributed by atoms with Crippen LogP contribution in [0, 0.1) is 0 Å². The second-order valence-corrected chi connectivity index (χ2v) is 5.33. The molecule has 0 atom stereocenters. The molecule has 0 radical (unpaired) electrons. The summed E-state index contributed by atoms with van der Waals surface area (Å²) in [4.78, 5) is 26.2. The van der Waals surface area contributed by atoms with E-state index >= 15 is 0 Å². The number of anilines is 1. The molecule has 0 spiro atoms. The van der Waals surface area contributed by atoms with Gasteiger partial charge in [0.1, 0.15) is 0 Å². The molecule has 2 aromatic carbocycles. The summed E-state index contributed by atoms with van der Waals surface area (Å²) in [6.07, 6.45) is 1.95. The minimum absolute atomic E-state index is 0.0159. The van der Waals surface area contributed by atoms with Crippen LogP contribution in [0.5, 0.6) is 0 Å². The van der Waals surface area contributed by atoms with Gasteiger partial charge in [-0.3, -0.25) is 9.59 Å². The highest BCUT2D eigenvalue weighted by Crippen LogP contribution is 2.26. The second kappa shape index (κ2) is 6.43. The molecule has 0 aromatic heterocycles. The van der Waals surface area contributed by atoms with Crippen molar-refractivity contribution in [1.82, 2.24) is 5.32 Å². The van der Waals surface area contributed by atoms with E-state index in [0.29, 0.717) is 12.1 Å². The van der Waals surface area contributed by atoms with E-state index in [0.717, 1.165) is 18.5 Å². The minimum Gasteiger partial charge on any atom is -0.343 e. The smallest absolute Gasteiger partial charge is 0.251 e. The zero-order valence-corrected chi connectivity index (χ0v) is 12.3. The molecule has 1 aliphatic heterocycles. The van der Waals surface area contributed by atoms with E-state index in [4.69, 9.17) is 0 Å². The Morgan fingerprint density at radius 3 is 2.55 bits per heavy atom. The number of hydrogen-bond acceptors (Lipinski definition) is 2. The van der Waals surface area contributed by atoms with Crippen LogP contribution in [0.1, 0.15) is 22.3 Å². The molecule has 1 aliphatic rings. The van der Waals surface area contributed by atoms with Gasteiger partial charge in [-0.2, -0.15) is 0 Å². The lowest BCUT2D eigenvalue weighted by Crippen LogP contribution is -2.42. The second-order valence-electron chi connectivity index (χ2n) is 5.33. The standard InChI is InChI=1S/C18H18N2O2/c21-17(13-19-18(22)15-8-2-1-3-9-15)20-12-6-10-14-7-4-5-11-16(14)20/h1-5,7-9,11H,6,10,12-13H2,(H,19,22). The fourth-order valence-corrected chi connectivity index (χ4v) is 2.74. The number of hydrogen-bond donors (Lipinski definition) is 1. The van der Waals surface area contributed by atoms with E-state index in [1.165, 1.54) is 5.56 Å². The third-order valence-electron chi connectivity index (χ3n) is 3.85. The highest BCUT2D eigenvalue weighted by atomic mass is 16.2. The maximum atomic E-state index is 12.4. The van der Waals surface area contributed by atoms with Gasteiger partial charge in [0, 0.05) is 17.8 Å². The van der Waals surface area contributed by atoms with Crippen molar-refractivity contribution in [3.63, 3.8) is 0 Å². The summed E-state index contributed by atoms with van der Waals surface area (Å²) in [6.45, 7) is 0.721. The monoisotopic (exact) mass is 294 g/mol. The average molecular weight is 294 g/mol. The molecule has 0 fully saturated rings. The van der Waals surface area contributed by atoms with Crippen LogP contribution in [0.25, 0.3) is 0 Å². The van der Waals surface area contributed by atoms with Gasteiger partial charge in [-0.05, 0) is 36.6 Å². The van der Waals surface area contributed by atoms with Crippen LogP contribution in [0.3, 0.4) is 0 Å². The Balaban J connectivity index is 1.65.